The summed E-state index contributed by atoms with van der Waals surface area (Å²) >= 11 is 6.13. The zero-order valence-electron chi connectivity index (χ0n) is 16.4. The van der Waals surface area contributed by atoms with E-state index in [1.54, 1.807) is 4.90 Å². The van der Waals surface area contributed by atoms with E-state index in [1.807, 2.05) is 42.5 Å². The van der Waals surface area contributed by atoms with Crippen molar-refractivity contribution in [1.82, 2.24) is 10.2 Å². The highest BCUT2D eigenvalue weighted by atomic mass is 35.5. The summed E-state index contributed by atoms with van der Waals surface area (Å²) in [5.74, 6) is -0.0199. The molecule has 1 saturated heterocycles. The van der Waals surface area contributed by atoms with Crippen molar-refractivity contribution in [2.75, 3.05) is 13.1 Å². The molecule has 1 atom stereocenters. The third kappa shape index (κ3) is 3.82. The van der Waals surface area contributed by atoms with Crippen LogP contribution in [0.25, 0.3) is 0 Å². The molecule has 29 heavy (non-hydrogen) atoms. The van der Waals surface area contributed by atoms with Gasteiger partial charge in [0.2, 0.25) is 11.8 Å². The summed E-state index contributed by atoms with van der Waals surface area (Å²) in [5, 5.41) is 4.04. The largest absolute Gasteiger partial charge is 0.352 e. The number of amides is 2. The lowest BCUT2D eigenvalue weighted by Gasteiger charge is -2.41. The zero-order valence-corrected chi connectivity index (χ0v) is 17.1. The minimum absolute atomic E-state index is 0.0540. The van der Waals surface area contributed by atoms with E-state index in [4.69, 9.17) is 11.6 Å². The van der Waals surface area contributed by atoms with Crippen LogP contribution in [0.2, 0.25) is 5.02 Å². The highest BCUT2D eigenvalue weighted by molar-refractivity contribution is 6.30. The number of halogens is 1. The normalized spacial score (nSPS) is 20.0. The number of nitrogens with one attached hydrogen (secondary N) is 1. The number of piperidine rings is 1. The minimum atomic E-state index is -0.619. The molecular formula is C24H25ClN2O2. The summed E-state index contributed by atoms with van der Waals surface area (Å²) in [4.78, 5) is 27.4. The summed E-state index contributed by atoms with van der Waals surface area (Å²) in [6.07, 6.45) is 4.18. The Balaban J connectivity index is 1.54. The van der Waals surface area contributed by atoms with Crippen molar-refractivity contribution in [2.45, 2.75) is 37.1 Å². The minimum Gasteiger partial charge on any atom is -0.352 e. The Labute approximate surface area is 176 Å². The van der Waals surface area contributed by atoms with Gasteiger partial charge in [0.1, 0.15) is 0 Å². The average molecular weight is 409 g/mol. The van der Waals surface area contributed by atoms with Crippen LogP contribution in [-0.4, -0.2) is 35.8 Å². The van der Waals surface area contributed by atoms with Crippen LogP contribution < -0.4 is 5.32 Å². The van der Waals surface area contributed by atoms with Gasteiger partial charge in [0.15, 0.2) is 0 Å². The lowest BCUT2D eigenvalue weighted by atomic mass is 9.71. The van der Waals surface area contributed by atoms with Crippen molar-refractivity contribution in [3.05, 3.63) is 82.9 Å². The third-order valence-electron chi connectivity index (χ3n) is 6.30. The molecule has 1 aliphatic carbocycles. The van der Waals surface area contributed by atoms with Crippen LogP contribution in [0.4, 0.5) is 0 Å². The van der Waals surface area contributed by atoms with E-state index in [0.29, 0.717) is 25.9 Å². The molecule has 1 heterocycles. The Bertz CT molecular complexity index is 933. The molecule has 1 unspecified atom stereocenters. The van der Waals surface area contributed by atoms with Gasteiger partial charge in [-0.15, -0.1) is 0 Å². The summed E-state index contributed by atoms with van der Waals surface area (Å²) < 4.78 is 0. The highest BCUT2D eigenvalue weighted by Crippen LogP contribution is 2.37. The maximum Gasteiger partial charge on any atom is 0.245 e. The maximum atomic E-state index is 13.6. The second-order valence-electron chi connectivity index (χ2n) is 7.97. The van der Waals surface area contributed by atoms with Gasteiger partial charge in [-0.25, -0.2) is 0 Å². The van der Waals surface area contributed by atoms with E-state index in [2.05, 4.69) is 18.0 Å². The molecule has 0 saturated carbocycles. The smallest absolute Gasteiger partial charge is 0.245 e. The van der Waals surface area contributed by atoms with Crippen LogP contribution in [0.1, 0.15) is 29.5 Å². The van der Waals surface area contributed by atoms with Crippen LogP contribution in [0.15, 0.2) is 61.2 Å². The molecule has 1 fully saturated rings. The van der Waals surface area contributed by atoms with Crippen LogP contribution in [-0.2, 0) is 27.8 Å². The molecular weight excluding hydrogens is 384 g/mol. The van der Waals surface area contributed by atoms with E-state index in [0.717, 1.165) is 23.4 Å². The summed E-state index contributed by atoms with van der Waals surface area (Å²) in [6.45, 7) is 4.68. The number of rotatable bonds is 4. The third-order valence-corrected chi connectivity index (χ3v) is 6.54. The van der Waals surface area contributed by atoms with Gasteiger partial charge in [-0.2, -0.15) is 0 Å². The monoisotopic (exact) mass is 408 g/mol. The van der Waals surface area contributed by atoms with Crippen molar-refractivity contribution in [3.63, 3.8) is 0 Å². The Kier molecular flexibility index (Phi) is 5.46. The van der Waals surface area contributed by atoms with Gasteiger partial charge < -0.3 is 10.2 Å². The van der Waals surface area contributed by atoms with E-state index in [9.17, 15) is 9.59 Å². The molecule has 2 aromatic rings. The fourth-order valence-electron chi connectivity index (χ4n) is 4.65. The van der Waals surface area contributed by atoms with Gasteiger partial charge in [0.05, 0.1) is 5.41 Å². The topological polar surface area (TPSA) is 49.4 Å². The van der Waals surface area contributed by atoms with Crippen molar-refractivity contribution < 1.29 is 9.59 Å². The van der Waals surface area contributed by atoms with Crippen molar-refractivity contribution >= 4 is 23.4 Å². The quantitative estimate of drug-likeness (QED) is 0.785. The molecule has 0 radical (unpaired) electrons. The fourth-order valence-corrected chi connectivity index (χ4v) is 4.85. The first-order valence-electron chi connectivity index (χ1n) is 10.1. The first-order valence-corrected chi connectivity index (χ1v) is 10.4. The van der Waals surface area contributed by atoms with Crippen LogP contribution in [0, 0.1) is 0 Å². The van der Waals surface area contributed by atoms with Crippen LogP contribution >= 0.6 is 11.6 Å². The van der Waals surface area contributed by atoms with Crippen LogP contribution in [0.5, 0.6) is 0 Å². The molecule has 2 amide bonds. The maximum absolute atomic E-state index is 13.6. The van der Waals surface area contributed by atoms with Gasteiger partial charge in [0, 0.05) is 24.2 Å². The molecule has 4 nitrogen and oxygen atoms in total. The first-order chi connectivity index (χ1) is 14.0. The second-order valence-corrected chi connectivity index (χ2v) is 8.41. The number of hydrogen-bond donors (Lipinski definition) is 1. The van der Waals surface area contributed by atoms with E-state index in [-0.39, 0.29) is 17.9 Å². The van der Waals surface area contributed by atoms with Crippen molar-refractivity contribution in [2.24, 2.45) is 0 Å². The van der Waals surface area contributed by atoms with E-state index in [1.165, 1.54) is 17.2 Å². The molecule has 2 aliphatic rings. The predicted octanol–water partition coefficient (Wildman–Crippen LogP) is 3.67. The van der Waals surface area contributed by atoms with Gasteiger partial charge in [-0.05, 0) is 60.6 Å². The number of likely N-dealkylation sites (tertiary alicyclic amines) is 1. The number of nitrogens with zero attached hydrogens (tertiary/aromatic N) is 1. The van der Waals surface area contributed by atoms with Gasteiger partial charge in [-0.1, -0.05) is 54.6 Å². The lowest BCUT2D eigenvalue weighted by Crippen LogP contribution is -2.54. The number of fused-ring (bicyclic) bond motifs is 1. The lowest BCUT2D eigenvalue weighted by molar-refractivity contribution is -0.134. The first kappa shape index (κ1) is 19.7. The van der Waals surface area contributed by atoms with Gasteiger partial charge in [-0.3, -0.25) is 9.59 Å². The molecule has 5 heteroatoms. The molecule has 0 bridgehead atoms. The molecule has 4 rings (SSSR count). The SMILES string of the molecule is C=CC(=O)N1CCC(C(=O)NC2Cc3ccc(Cl)cc3C2)(c2ccccc2)CC1. The number of hydrogen-bond acceptors (Lipinski definition) is 2. The zero-order chi connectivity index (χ0) is 20.4. The second kappa shape index (κ2) is 8.03. The van der Waals surface area contributed by atoms with Gasteiger partial charge >= 0.3 is 0 Å². The van der Waals surface area contributed by atoms with Crippen molar-refractivity contribution in [3.8, 4) is 0 Å². The molecule has 2 aromatic carbocycles. The molecule has 0 spiro atoms. The molecule has 0 aromatic heterocycles. The van der Waals surface area contributed by atoms with E-state index >= 15 is 0 Å². The summed E-state index contributed by atoms with van der Waals surface area (Å²) in [6, 6.07) is 16.0. The molecule has 150 valence electrons. The Hall–Kier alpha value is -2.59. The van der Waals surface area contributed by atoms with E-state index < -0.39 is 5.41 Å². The Morgan fingerprint density at radius 3 is 2.45 bits per heavy atom. The molecule has 1 N–H and O–H groups in total. The van der Waals surface area contributed by atoms with Gasteiger partial charge in [0.25, 0.3) is 0 Å². The number of carbonyl (C=O) groups is 2. The standard InChI is InChI=1S/C24H25ClN2O2/c1-2-22(28)27-12-10-24(11-13-27,19-6-4-3-5-7-19)23(29)26-21-15-17-8-9-20(25)14-18(17)16-21/h2-9,14,21H,1,10-13,15-16H2,(H,26,29). The predicted molar refractivity (Wildman–Crippen MR) is 115 cm³/mol. The Morgan fingerprint density at radius 2 is 1.76 bits per heavy atom. The fraction of sp³-hybridized carbons (Fsp3) is 0.333. The number of carbonyl (C=O) groups excluding carboxylic acids is 2. The molecule has 1 aliphatic heterocycles. The average Bonchev–Trinajstić information content (AvgIpc) is 3.15. The summed E-state index contributed by atoms with van der Waals surface area (Å²) in [5.41, 5.74) is 2.86. The van der Waals surface area contributed by atoms with Crippen LogP contribution in [0.3, 0.4) is 0 Å². The number of benzene rings is 2. The van der Waals surface area contributed by atoms with Crippen molar-refractivity contribution in [1.29, 1.82) is 0 Å². The summed E-state index contributed by atoms with van der Waals surface area (Å²) in [7, 11) is 0. The highest BCUT2D eigenvalue weighted by Gasteiger charge is 2.44. The Morgan fingerprint density at radius 1 is 1.07 bits per heavy atom.